The number of para-hydroxylation sites is 1. The molecule has 0 aliphatic heterocycles. The Hall–Kier alpha value is -4.99. The maximum absolute atomic E-state index is 13.4. The number of carbonyl (C=O) groups is 1. The van der Waals surface area contributed by atoms with Gasteiger partial charge in [-0.15, -0.1) is 0 Å². The minimum absolute atomic E-state index is 0.0950. The molecule has 1 amide bonds. The van der Waals surface area contributed by atoms with Crippen molar-refractivity contribution in [2.45, 2.75) is 13.1 Å². The van der Waals surface area contributed by atoms with Crippen molar-refractivity contribution in [3.63, 3.8) is 0 Å². The van der Waals surface area contributed by atoms with Gasteiger partial charge in [0.15, 0.2) is 0 Å². The standard InChI is InChI=1S/C26H21N5O5/c1-35-19-13-11-18(12-14-19)27-22(32)15-30-21-10-6-5-9-20(21)25(33)31(26(30)34)16-23-28-24(29-36-23)17-7-3-2-4-8-17/h2-14H,15-16H2,1H3,(H,27,32). The number of methoxy groups -OCH3 is 1. The highest BCUT2D eigenvalue weighted by Crippen LogP contribution is 2.16. The van der Waals surface area contributed by atoms with Gasteiger partial charge in [0.25, 0.3) is 5.56 Å². The highest BCUT2D eigenvalue weighted by Gasteiger charge is 2.18. The summed E-state index contributed by atoms with van der Waals surface area (Å²) in [5.41, 5.74) is 0.464. The zero-order valence-electron chi connectivity index (χ0n) is 19.2. The average Bonchev–Trinajstić information content (AvgIpc) is 3.39. The van der Waals surface area contributed by atoms with Crippen LogP contribution in [0.4, 0.5) is 5.69 Å². The molecule has 0 bridgehead atoms. The minimum Gasteiger partial charge on any atom is -0.497 e. The van der Waals surface area contributed by atoms with E-state index >= 15 is 0 Å². The number of ether oxygens (including phenoxy) is 1. The van der Waals surface area contributed by atoms with Crippen LogP contribution < -0.4 is 21.3 Å². The van der Waals surface area contributed by atoms with Crippen molar-refractivity contribution < 1.29 is 14.1 Å². The number of fused-ring (bicyclic) bond motifs is 1. The molecule has 10 heteroatoms. The SMILES string of the molecule is COc1ccc(NC(=O)Cn2c(=O)n(Cc3nc(-c4ccccc4)no3)c(=O)c3ccccc32)cc1. The molecule has 0 atom stereocenters. The smallest absolute Gasteiger partial charge is 0.332 e. The minimum atomic E-state index is -0.664. The number of aromatic nitrogens is 4. The van der Waals surface area contributed by atoms with Crippen molar-refractivity contribution in [2.75, 3.05) is 12.4 Å². The quantitative estimate of drug-likeness (QED) is 0.378. The Morgan fingerprint density at radius 3 is 2.42 bits per heavy atom. The molecule has 10 nitrogen and oxygen atoms in total. The maximum Gasteiger partial charge on any atom is 0.332 e. The fourth-order valence-electron chi connectivity index (χ4n) is 3.84. The summed E-state index contributed by atoms with van der Waals surface area (Å²) in [5.74, 6) is 0.664. The number of nitrogens with one attached hydrogen (secondary N) is 1. The van der Waals surface area contributed by atoms with Crippen molar-refractivity contribution in [2.24, 2.45) is 0 Å². The Balaban J connectivity index is 1.48. The Kier molecular flexibility index (Phi) is 6.14. The topological polar surface area (TPSA) is 121 Å². The van der Waals surface area contributed by atoms with Crippen molar-refractivity contribution in [3.05, 3.63) is 106 Å². The van der Waals surface area contributed by atoms with Crippen LogP contribution in [0.15, 0.2) is 93.0 Å². The van der Waals surface area contributed by atoms with E-state index in [2.05, 4.69) is 15.5 Å². The zero-order valence-corrected chi connectivity index (χ0v) is 19.2. The van der Waals surface area contributed by atoms with Gasteiger partial charge in [-0.1, -0.05) is 47.6 Å². The number of hydrogen-bond acceptors (Lipinski definition) is 7. The summed E-state index contributed by atoms with van der Waals surface area (Å²) in [6.45, 7) is -0.535. The van der Waals surface area contributed by atoms with Gasteiger partial charge in [-0.2, -0.15) is 4.98 Å². The van der Waals surface area contributed by atoms with Crippen LogP contribution in [0, 0.1) is 0 Å². The van der Waals surface area contributed by atoms with E-state index in [0.717, 1.165) is 10.1 Å². The van der Waals surface area contributed by atoms with E-state index in [9.17, 15) is 14.4 Å². The molecule has 2 heterocycles. The van der Waals surface area contributed by atoms with Crippen LogP contribution in [-0.4, -0.2) is 32.3 Å². The molecule has 0 aliphatic rings. The van der Waals surface area contributed by atoms with Gasteiger partial charge in [0.2, 0.25) is 17.6 Å². The third-order valence-electron chi connectivity index (χ3n) is 5.60. The lowest BCUT2D eigenvalue weighted by molar-refractivity contribution is -0.116. The highest BCUT2D eigenvalue weighted by atomic mass is 16.5. The number of amides is 1. The molecule has 5 rings (SSSR count). The van der Waals surface area contributed by atoms with Crippen LogP contribution in [0.3, 0.4) is 0 Å². The Bertz CT molecular complexity index is 1650. The second-order valence-electron chi connectivity index (χ2n) is 7.93. The van der Waals surface area contributed by atoms with Crippen molar-refractivity contribution in [3.8, 4) is 17.1 Å². The number of benzene rings is 3. The van der Waals surface area contributed by atoms with E-state index in [1.54, 1.807) is 55.6 Å². The molecule has 0 spiro atoms. The monoisotopic (exact) mass is 483 g/mol. The maximum atomic E-state index is 13.4. The van der Waals surface area contributed by atoms with E-state index in [1.807, 2.05) is 30.3 Å². The van der Waals surface area contributed by atoms with Crippen molar-refractivity contribution in [1.82, 2.24) is 19.3 Å². The predicted molar refractivity (Wildman–Crippen MR) is 133 cm³/mol. The van der Waals surface area contributed by atoms with Gasteiger partial charge in [0.1, 0.15) is 18.8 Å². The van der Waals surface area contributed by atoms with Gasteiger partial charge in [-0.3, -0.25) is 18.7 Å². The highest BCUT2D eigenvalue weighted by molar-refractivity contribution is 5.91. The number of anilines is 1. The zero-order chi connectivity index (χ0) is 25.1. The largest absolute Gasteiger partial charge is 0.497 e. The summed E-state index contributed by atoms with van der Waals surface area (Å²) in [6, 6.07) is 22.6. The first-order chi connectivity index (χ1) is 17.5. The first-order valence-electron chi connectivity index (χ1n) is 11.1. The average molecular weight is 483 g/mol. The number of carbonyl (C=O) groups excluding carboxylic acids is 1. The number of rotatable bonds is 7. The molecule has 180 valence electrons. The molecule has 2 aromatic heterocycles. The molecule has 0 radical (unpaired) electrons. The predicted octanol–water partition coefficient (Wildman–Crippen LogP) is 2.91. The van der Waals surface area contributed by atoms with Gasteiger partial charge < -0.3 is 14.6 Å². The van der Waals surface area contributed by atoms with Gasteiger partial charge >= 0.3 is 5.69 Å². The van der Waals surface area contributed by atoms with Gasteiger partial charge in [-0.25, -0.2) is 4.79 Å². The van der Waals surface area contributed by atoms with Gasteiger partial charge in [-0.05, 0) is 36.4 Å². The third kappa shape index (κ3) is 4.51. The third-order valence-corrected chi connectivity index (χ3v) is 5.60. The molecular weight excluding hydrogens is 462 g/mol. The molecule has 0 saturated carbocycles. The fraction of sp³-hybridized carbons (Fsp3) is 0.115. The Morgan fingerprint density at radius 1 is 0.944 bits per heavy atom. The van der Waals surface area contributed by atoms with E-state index in [4.69, 9.17) is 9.26 Å². The summed E-state index contributed by atoms with van der Waals surface area (Å²) in [5, 5.41) is 7.00. The van der Waals surface area contributed by atoms with Crippen LogP contribution in [0.25, 0.3) is 22.3 Å². The molecule has 0 unspecified atom stereocenters. The lowest BCUT2D eigenvalue weighted by Gasteiger charge is -2.13. The van der Waals surface area contributed by atoms with Crippen LogP contribution in [0.2, 0.25) is 0 Å². The summed E-state index contributed by atoms with van der Waals surface area (Å²) in [6.07, 6.45) is 0. The Morgan fingerprint density at radius 2 is 1.67 bits per heavy atom. The van der Waals surface area contributed by atoms with Gasteiger partial charge in [0.05, 0.1) is 18.0 Å². The molecule has 1 N–H and O–H groups in total. The molecule has 0 saturated heterocycles. The lowest BCUT2D eigenvalue weighted by Crippen LogP contribution is -2.42. The van der Waals surface area contributed by atoms with Gasteiger partial charge in [0, 0.05) is 11.3 Å². The molecule has 0 aliphatic carbocycles. The van der Waals surface area contributed by atoms with Crippen molar-refractivity contribution in [1.29, 1.82) is 0 Å². The van der Waals surface area contributed by atoms with E-state index in [0.29, 0.717) is 22.8 Å². The first-order valence-corrected chi connectivity index (χ1v) is 11.1. The number of nitrogens with zero attached hydrogens (tertiary/aromatic N) is 4. The van der Waals surface area contributed by atoms with E-state index in [-0.39, 0.29) is 24.4 Å². The van der Waals surface area contributed by atoms with Crippen LogP contribution in [0.5, 0.6) is 5.75 Å². The summed E-state index contributed by atoms with van der Waals surface area (Å²) < 4.78 is 12.7. The van der Waals surface area contributed by atoms with Crippen LogP contribution >= 0.6 is 0 Å². The Labute approximate surface area is 204 Å². The van der Waals surface area contributed by atoms with Crippen molar-refractivity contribution >= 4 is 22.5 Å². The van der Waals surface area contributed by atoms with E-state index in [1.165, 1.54) is 4.57 Å². The number of hydrogen-bond donors (Lipinski definition) is 1. The van der Waals surface area contributed by atoms with E-state index < -0.39 is 17.2 Å². The lowest BCUT2D eigenvalue weighted by atomic mass is 10.2. The molecular formula is C26H21N5O5. The second-order valence-corrected chi connectivity index (χ2v) is 7.93. The molecule has 36 heavy (non-hydrogen) atoms. The first kappa shape index (κ1) is 22.8. The normalized spacial score (nSPS) is 10.9. The summed E-state index contributed by atoms with van der Waals surface area (Å²) >= 11 is 0. The molecule has 0 fully saturated rings. The fourth-order valence-corrected chi connectivity index (χ4v) is 3.84. The molecule has 3 aromatic carbocycles. The van der Waals surface area contributed by atoms with Crippen LogP contribution in [0.1, 0.15) is 5.89 Å². The summed E-state index contributed by atoms with van der Waals surface area (Å²) in [7, 11) is 1.55. The van der Waals surface area contributed by atoms with Crippen LogP contribution in [-0.2, 0) is 17.9 Å². The molecule has 5 aromatic rings. The second kappa shape index (κ2) is 9.71. The summed E-state index contributed by atoms with van der Waals surface area (Å²) in [4.78, 5) is 43.7.